The number of nitrogens with two attached hydrogens (primary N) is 1. The quantitative estimate of drug-likeness (QED) is 0.406. The molecule has 2 rings (SSSR count). The van der Waals surface area contributed by atoms with Crippen LogP contribution in [0.3, 0.4) is 0 Å². The van der Waals surface area contributed by atoms with E-state index in [4.69, 9.17) is 17.3 Å². The first-order chi connectivity index (χ1) is 12.3. The summed E-state index contributed by atoms with van der Waals surface area (Å²) in [4.78, 5) is 25.8. The summed E-state index contributed by atoms with van der Waals surface area (Å²) in [6.45, 7) is 4.22. The van der Waals surface area contributed by atoms with Crippen molar-refractivity contribution < 1.29 is 15.0 Å². The van der Waals surface area contributed by atoms with Crippen LogP contribution in [0.4, 0.5) is 5.13 Å². The molecule has 0 radical (unpaired) electrons. The number of nitrogens with one attached hydrogen (secondary N) is 2. The van der Waals surface area contributed by atoms with Crippen molar-refractivity contribution in [2.75, 3.05) is 25.0 Å². The summed E-state index contributed by atoms with van der Waals surface area (Å²) in [5, 5.41) is 22.4. The van der Waals surface area contributed by atoms with Gasteiger partial charge < -0.3 is 31.1 Å². The molecule has 0 saturated carbocycles. The molecule has 0 aliphatic rings. The molecular weight excluding hydrogens is 380 g/mol. The first-order valence-electron chi connectivity index (χ1n) is 8.06. The number of amides is 1. The molecule has 0 fully saturated rings. The highest BCUT2D eigenvalue weighted by molar-refractivity contribution is 7.15. The van der Waals surface area contributed by atoms with Crippen LogP contribution in [-0.4, -0.2) is 57.3 Å². The SMILES string of the molecule is CCc1[nH]c(C(=O)N[C@@H](CN)CN(C)c2nc(C)c(C(O)O)s2)nc1Cl. The third-order valence-electron chi connectivity index (χ3n) is 3.79. The smallest absolute Gasteiger partial charge is 0.287 e. The fraction of sp³-hybridized carbons (Fsp3) is 0.533. The summed E-state index contributed by atoms with van der Waals surface area (Å²) in [5.41, 5.74) is 7.03. The van der Waals surface area contributed by atoms with E-state index in [1.165, 1.54) is 11.3 Å². The number of aliphatic hydroxyl groups is 2. The number of carbonyl (C=O) groups excluding carboxylic acids is 1. The van der Waals surface area contributed by atoms with Gasteiger partial charge in [0.05, 0.1) is 22.3 Å². The number of hydrogen-bond acceptors (Lipinski definition) is 8. The van der Waals surface area contributed by atoms with Gasteiger partial charge in [-0.05, 0) is 13.3 Å². The lowest BCUT2D eigenvalue weighted by Crippen LogP contribution is -2.47. The molecule has 2 aromatic heterocycles. The van der Waals surface area contributed by atoms with Crippen molar-refractivity contribution >= 4 is 34.0 Å². The van der Waals surface area contributed by atoms with Gasteiger partial charge in [-0.1, -0.05) is 29.9 Å². The topological polar surface area (TPSA) is 140 Å². The Morgan fingerprint density at radius 2 is 2.15 bits per heavy atom. The molecule has 1 atom stereocenters. The summed E-state index contributed by atoms with van der Waals surface area (Å²) < 4.78 is 0. The molecule has 0 unspecified atom stereocenters. The van der Waals surface area contributed by atoms with Crippen molar-refractivity contribution in [1.29, 1.82) is 0 Å². The number of halogens is 1. The van der Waals surface area contributed by atoms with Gasteiger partial charge in [-0.25, -0.2) is 9.97 Å². The Hall–Kier alpha value is -1.72. The first-order valence-corrected chi connectivity index (χ1v) is 9.26. The Kier molecular flexibility index (Phi) is 6.95. The minimum absolute atomic E-state index is 0.142. The van der Waals surface area contributed by atoms with Crippen LogP contribution in [0.5, 0.6) is 0 Å². The summed E-state index contributed by atoms with van der Waals surface area (Å²) in [6, 6.07) is -0.354. The highest BCUT2D eigenvalue weighted by atomic mass is 35.5. The van der Waals surface area contributed by atoms with Crippen LogP contribution in [0, 0.1) is 6.92 Å². The number of carbonyl (C=O) groups is 1. The van der Waals surface area contributed by atoms with Crippen molar-refractivity contribution in [3.8, 4) is 0 Å². The van der Waals surface area contributed by atoms with Crippen molar-refractivity contribution in [1.82, 2.24) is 20.3 Å². The van der Waals surface area contributed by atoms with Gasteiger partial charge in [-0.2, -0.15) is 0 Å². The lowest BCUT2D eigenvalue weighted by molar-refractivity contribution is -0.0401. The molecule has 9 nitrogen and oxygen atoms in total. The van der Waals surface area contributed by atoms with Crippen molar-refractivity contribution in [2.45, 2.75) is 32.6 Å². The van der Waals surface area contributed by atoms with Crippen LogP contribution in [0.2, 0.25) is 5.15 Å². The Bertz CT molecular complexity index is 763. The maximum Gasteiger partial charge on any atom is 0.287 e. The van der Waals surface area contributed by atoms with Gasteiger partial charge in [-0.3, -0.25) is 4.79 Å². The number of thiazole rings is 1. The molecular formula is C15H23ClN6O3S. The van der Waals surface area contributed by atoms with Gasteiger partial charge >= 0.3 is 0 Å². The van der Waals surface area contributed by atoms with E-state index in [2.05, 4.69) is 20.3 Å². The molecule has 0 aliphatic carbocycles. The summed E-state index contributed by atoms with van der Waals surface area (Å²) in [7, 11) is 1.79. The van der Waals surface area contributed by atoms with Gasteiger partial charge in [0.25, 0.3) is 5.91 Å². The number of H-pyrrole nitrogens is 1. The van der Waals surface area contributed by atoms with Gasteiger partial charge in [0, 0.05) is 20.1 Å². The fourth-order valence-electron chi connectivity index (χ4n) is 2.37. The lowest BCUT2D eigenvalue weighted by Gasteiger charge is -2.23. The van der Waals surface area contributed by atoms with E-state index < -0.39 is 12.2 Å². The molecule has 6 N–H and O–H groups in total. The predicted molar refractivity (Wildman–Crippen MR) is 101 cm³/mol. The number of likely N-dealkylation sites (N-methyl/N-ethyl adjacent to an activating group) is 1. The third kappa shape index (κ3) is 4.71. The van der Waals surface area contributed by atoms with E-state index in [-0.39, 0.29) is 23.6 Å². The highest BCUT2D eigenvalue weighted by Crippen LogP contribution is 2.29. The maximum absolute atomic E-state index is 12.3. The number of nitrogens with zero attached hydrogens (tertiary/aromatic N) is 3. The highest BCUT2D eigenvalue weighted by Gasteiger charge is 2.21. The largest absolute Gasteiger partial charge is 0.364 e. The Morgan fingerprint density at radius 1 is 1.46 bits per heavy atom. The van der Waals surface area contributed by atoms with Crippen molar-refractivity contribution in [2.24, 2.45) is 5.73 Å². The number of anilines is 1. The molecule has 144 valence electrons. The van der Waals surface area contributed by atoms with Gasteiger partial charge in [-0.15, -0.1) is 0 Å². The summed E-state index contributed by atoms with van der Waals surface area (Å²) in [6.07, 6.45) is -0.916. The number of imidazole rings is 1. The van der Waals surface area contributed by atoms with Crippen molar-refractivity contribution in [3.63, 3.8) is 0 Å². The Morgan fingerprint density at radius 3 is 2.65 bits per heavy atom. The zero-order valence-corrected chi connectivity index (χ0v) is 16.4. The van der Waals surface area contributed by atoms with Crippen LogP contribution >= 0.6 is 22.9 Å². The van der Waals surface area contributed by atoms with E-state index in [0.29, 0.717) is 34.4 Å². The van der Waals surface area contributed by atoms with Gasteiger partial charge in [0.2, 0.25) is 0 Å². The second kappa shape index (κ2) is 8.78. The molecule has 0 spiro atoms. The minimum atomic E-state index is -1.56. The number of hydrogen-bond donors (Lipinski definition) is 5. The molecule has 0 saturated heterocycles. The predicted octanol–water partition coefficient (Wildman–Crippen LogP) is 0.567. The molecule has 2 heterocycles. The molecule has 1 amide bonds. The van der Waals surface area contributed by atoms with E-state index in [1.807, 2.05) is 6.92 Å². The molecule has 11 heteroatoms. The number of aromatic amines is 1. The second-order valence-electron chi connectivity index (χ2n) is 5.81. The zero-order valence-electron chi connectivity index (χ0n) is 14.8. The minimum Gasteiger partial charge on any atom is -0.364 e. The van der Waals surface area contributed by atoms with E-state index >= 15 is 0 Å². The molecule has 0 aromatic carbocycles. The normalized spacial score (nSPS) is 12.5. The average Bonchev–Trinajstić information content (AvgIpc) is 3.16. The number of aromatic nitrogens is 3. The van der Waals surface area contributed by atoms with E-state index in [1.54, 1.807) is 18.9 Å². The molecule has 26 heavy (non-hydrogen) atoms. The van der Waals surface area contributed by atoms with E-state index in [9.17, 15) is 15.0 Å². The standard InChI is InChI=1S/C15H23ClN6O3S/c1-4-9-11(16)21-12(20-9)13(23)19-8(5-17)6-22(3)15-18-7(2)10(26-15)14(24)25/h8,14,24-25H,4-6,17H2,1-3H3,(H,19,23)(H,20,21)/t8-/m0/s1. The van der Waals surface area contributed by atoms with Crippen LogP contribution in [0.15, 0.2) is 0 Å². The number of aryl methyl sites for hydroxylation is 2. The molecule has 0 bridgehead atoms. The fourth-order valence-corrected chi connectivity index (χ4v) is 3.54. The molecule has 2 aromatic rings. The summed E-state index contributed by atoms with van der Waals surface area (Å²) in [5.74, 6) is -0.249. The maximum atomic E-state index is 12.3. The van der Waals surface area contributed by atoms with Crippen molar-refractivity contribution in [3.05, 3.63) is 27.2 Å². The van der Waals surface area contributed by atoms with Gasteiger partial charge in [0.1, 0.15) is 0 Å². The zero-order chi connectivity index (χ0) is 19.4. The van der Waals surface area contributed by atoms with Gasteiger partial charge in [0.15, 0.2) is 22.4 Å². The average molecular weight is 403 g/mol. The van der Waals surface area contributed by atoms with Crippen LogP contribution in [0.1, 0.15) is 40.1 Å². The molecule has 0 aliphatic heterocycles. The Balaban J connectivity index is 2.03. The van der Waals surface area contributed by atoms with Crippen LogP contribution in [-0.2, 0) is 6.42 Å². The third-order valence-corrected chi connectivity index (χ3v) is 5.42. The Labute approximate surface area is 160 Å². The van der Waals surface area contributed by atoms with Crippen LogP contribution in [0.25, 0.3) is 0 Å². The monoisotopic (exact) mass is 402 g/mol. The van der Waals surface area contributed by atoms with E-state index in [0.717, 1.165) is 0 Å². The van der Waals surface area contributed by atoms with Crippen LogP contribution < -0.4 is 16.0 Å². The first kappa shape index (κ1) is 20.6. The summed E-state index contributed by atoms with van der Waals surface area (Å²) >= 11 is 7.14. The number of rotatable bonds is 8. The number of aliphatic hydroxyl groups excluding tert-OH is 1. The second-order valence-corrected chi connectivity index (χ2v) is 7.18. The lowest BCUT2D eigenvalue weighted by atomic mass is 10.2.